The lowest BCUT2D eigenvalue weighted by Crippen LogP contribution is -2.09. The van der Waals surface area contributed by atoms with Crippen LogP contribution in [0, 0.1) is 0 Å². The van der Waals surface area contributed by atoms with Crippen molar-refractivity contribution in [2.45, 2.75) is 19.8 Å². The lowest BCUT2D eigenvalue weighted by Gasteiger charge is -2.12. The van der Waals surface area contributed by atoms with Gasteiger partial charge in [-0.05, 0) is 42.3 Å². The van der Waals surface area contributed by atoms with Crippen molar-refractivity contribution in [3.63, 3.8) is 0 Å². The quantitative estimate of drug-likeness (QED) is 0.520. The Balaban J connectivity index is 1.84. The van der Waals surface area contributed by atoms with Crippen molar-refractivity contribution in [2.24, 2.45) is 0 Å². The standard InChI is InChI=1S/C19H22O4/c1-3-4-15-5-8-17(9-6-15)22-11-12-23-19-13-16(14-20)7-10-18(19)21-2/h5-10,13-14H,3-4,11-12H2,1-2H3. The van der Waals surface area contributed by atoms with Crippen LogP contribution < -0.4 is 14.2 Å². The fourth-order valence-electron chi connectivity index (χ4n) is 2.23. The van der Waals surface area contributed by atoms with Gasteiger partial charge < -0.3 is 14.2 Å². The Labute approximate surface area is 137 Å². The van der Waals surface area contributed by atoms with Gasteiger partial charge >= 0.3 is 0 Å². The van der Waals surface area contributed by atoms with E-state index in [1.807, 2.05) is 12.1 Å². The first-order valence-corrected chi connectivity index (χ1v) is 7.74. The highest BCUT2D eigenvalue weighted by molar-refractivity contribution is 5.76. The first-order valence-electron chi connectivity index (χ1n) is 7.74. The first kappa shape index (κ1) is 16.9. The fraction of sp³-hybridized carbons (Fsp3) is 0.316. The van der Waals surface area contributed by atoms with Crippen molar-refractivity contribution in [2.75, 3.05) is 20.3 Å². The molecule has 122 valence electrons. The highest BCUT2D eigenvalue weighted by Gasteiger charge is 2.05. The van der Waals surface area contributed by atoms with Crippen LogP contribution in [0.25, 0.3) is 0 Å². The monoisotopic (exact) mass is 314 g/mol. The van der Waals surface area contributed by atoms with Gasteiger partial charge in [0, 0.05) is 5.56 Å². The van der Waals surface area contributed by atoms with Gasteiger partial charge in [0.05, 0.1) is 7.11 Å². The number of carbonyl (C=O) groups excluding carboxylic acids is 1. The molecule has 2 aromatic rings. The summed E-state index contributed by atoms with van der Waals surface area (Å²) < 4.78 is 16.5. The minimum absolute atomic E-state index is 0.370. The maximum Gasteiger partial charge on any atom is 0.162 e. The van der Waals surface area contributed by atoms with Crippen LogP contribution in [0.5, 0.6) is 17.2 Å². The number of methoxy groups -OCH3 is 1. The number of aldehydes is 1. The van der Waals surface area contributed by atoms with Gasteiger partial charge in [-0.3, -0.25) is 4.79 Å². The van der Waals surface area contributed by atoms with Gasteiger partial charge in [0.2, 0.25) is 0 Å². The molecule has 0 bridgehead atoms. The zero-order valence-electron chi connectivity index (χ0n) is 13.6. The zero-order chi connectivity index (χ0) is 16.5. The third kappa shape index (κ3) is 5.02. The van der Waals surface area contributed by atoms with Gasteiger partial charge in [0.15, 0.2) is 11.5 Å². The van der Waals surface area contributed by atoms with E-state index >= 15 is 0 Å². The Morgan fingerprint density at radius 2 is 1.70 bits per heavy atom. The fourth-order valence-corrected chi connectivity index (χ4v) is 2.23. The van der Waals surface area contributed by atoms with Crippen molar-refractivity contribution in [1.29, 1.82) is 0 Å². The number of carbonyl (C=O) groups is 1. The Morgan fingerprint density at radius 3 is 2.35 bits per heavy atom. The van der Waals surface area contributed by atoms with Crippen LogP contribution in [-0.4, -0.2) is 26.6 Å². The lowest BCUT2D eigenvalue weighted by atomic mass is 10.1. The zero-order valence-corrected chi connectivity index (χ0v) is 13.6. The maximum absolute atomic E-state index is 10.8. The second kappa shape index (κ2) is 8.83. The molecule has 2 aromatic carbocycles. The topological polar surface area (TPSA) is 44.8 Å². The van der Waals surface area contributed by atoms with Gasteiger partial charge in [-0.1, -0.05) is 25.5 Å². The van der Waals surface area contributed by atoms with Crippen LogP contribution >= 0.6 is 0 Å². The predicted molar refractivity (Wildman–Crippen MR) is 89.8 cm³/mol. The van der Waals surface area contributed by atoms with E-state index in [9.17, 15) is 4.79 Å². The average molecular weight is 314 g/mol. The molecular formula is C19H22O4. The molecule has 4 heteroatoms. The Hall–Kier alpha value is -2.49. The third-order valence-corrected chi connectivity index (χ3v) is 3.40. The van der Waals surface area contributed by atoms with E-state index in [4.69, 9.17) is 14.2 Å². The number of rotatable bonds is 9. The summed E-state index contributed by atoms with van der Waals surface area (Å²) in [5.74, 6) is 1.96. The van der Waals surface area contributed by atoms with Gasteiger partial charge in [-0.15, -0.1) is 0 Å². The summed E-state index contributed by atoms with van der Waals surface area (Å²) in [6.45, 7) is 2.95. The van der Waals surface area contributed by atoms with Crippen molar-refractivity contribution < 1.29 is 19.0 Å². The summed E-state index contributed by atoms with van der Waals surface area (Å²) in [6, 6.07) is 13.2. The second-order valence-corrected chi connectivity index (χ2v) is 5.12. The number of benzene rings is 2. The van der Waals surface area contributed by atoms with Crippen LogP contribution in [0.3, 0.4) is 0 Å². The molecule has 23 heavy (non-hydrogen) atoms. The predicted octanol–water partition coefficient (Wildman–Crippen LogP) is 3.92. The number of hydrogen-bond donors (Lipinski definition) is 0. The summed E-state index contributed by atoms with van der Waals surface area (Å²) in [5.41, 5.74) is 1.86. The molecule has 4 nitrogen and oxygen atoms in total. The van der Waals surface area contributed by atoms with Crippen LogP contribution in [-0.2, 0) is 6.42 Å². The Morgan fingerprint density at radius 1 is 0.957 bits per heavy atom. The van der Waals surface area contributed by atoms with Gasteiger partial charge in [0.25, 0.3) is 0 Å². The van der Waals surface area contributed by atoms with E-state index in [0.29, 0.717) is 30.3 Å². The highest BCUT2D eigenvalue weighted by Crippen LogP contribution is 2.27. The van der Waals surface area contributed by atoms with E-state index in [-0.39, 0.29) is 0 Å². The highest BCUT2D eigenvalue weighted by atomic mass is 16.5. The van der Waals surface area contributed by atoms with Gasteiger partial charge in [0.1, 0.15) is 25.2 Å². The van der Waals surface area contributed by atoms with E-state index in [2.05, 4.69) is 19.1 Å². The molecule has 0 fully saturated rings. The van der Waals surface area contributed by atoms with Crippen LogP contribution in [0.4, 0.5) is 0 Å². The minimum atomic E-state index is 0.370. The molecule has 0 aliphatic rings. The summed E-state index contributed by atoms with van der Waals surface area (Å²) in [6.07, 6.45) is 2.99. The molecule has 0 aliphatic carbocycles. The summed E-state index contributed by atoms with van der Waals surface area (Å²) in [7, 11) is 1.57. The number of aryl methyl sites for hydroxylation is 1. The molecule has 0 aliphatic heterocycles. The molecule has 0 atom stereocenters. The Bertz CT molecular complexity index is 620. The van der Waals surface area contributed by atoms with Crippen molar-refractivity contribution in [3.8, 4) is 17.2 Å². The number of ether oxygens (including phenoxy) is 3. The maximum atomic E-state index is 10.8. The normalized spacial score (nSPS) is 10.2. The van der Waals surface area contributed by atoms with Gasteiger partial charge in [-0.25, -0.2) is 0 Å². The largest absolute Gasteiger partial charge is 0.493 e. The molecule has 0 saturated heterocycles. The summed E-state index contributed by atoms with van der Waals surface area (Å²) in [5, 5.41) is 0. The average Bonchev–Trinajstić information content (AvgIpc) is 2.60. The molecule has 0 aromatic heterocycles. The van der Waals surface area contributed by atoms with E-state index in [1.165, 1.54) is 5.56 Å². The first-order chi connectivity index (χ1) is 11.3. The molecule has 0 N–H and O–H groups in total. The van der Waals surface area contributed by atoms with Crippen molar-refractivity contribution >= 4 is 6.29 Å². The van der Waals surface area contributed by atoms with Gasteiger partial charge in [-0.2, -0.15) is 0 Å². The summed E-state index contributed by atoms with van der Waals surface area (Å²) >= 11 is 0. The van der Waals surface area contributed by atoms with Crippen molar-refractivity contribution in [3.05, 3.63) is 53.6 Å². The Kier molecular flexibility index (Phi) is 6.48. The van der Waals surface area contributed by atoms with Crippen LogP contribution in [0.1, 0.15) is 29.3 Å². The van der Waals surface area contributed by atoms with E-state index in [0.717, 1.165) is 24.9 Å². The molecule has 0 spiro atoms. The van der Waals surface area contributed by atoms with Crippen LogP contribution in [0.15, 0.2) is 42.5 Å². The van der Waals surface area contributed by atoms with E-state index < -0.39 is 0 Å². The molecule has 0 radical (unpaired) electrons. The molecule has 0 amide bonds. The molecule has 0 unspecified atom stereocenters. The van der Waals surface area contributed by atoms with E-state index in [1.54, 1.807) is 25.3 Å². The molecular weight excluding hydrogens is 292 g/mol. The number of hydrogen-bond acceptors (Lipinski definition) is 4. The molecule has 0 saturated carbocycles. The minimum Gasteiger partial charge on any atom is -0.493 e. The van der Waals surface area contributed by atoms with Crippen LogP contribution in [0.2, 0.25) is 0 Å². The smallest absolute Gasteiger partial charge is 0.162 e. The summed E-state index contributed by atoms with van der Waals surface area (Å²) in [4.78, 5) is 10.8. The lowest BCUT2D eigenvalue weighted by molar-refractivity contribution is 0.112. The van der Waals surface area contributed by atoms with Crippen molar-refractivity contribution in [1.82, 2.24) is 0 Å². The molecule has 0 heterocycles. The SMILES string of the molecule is CCCc1ccc(OCCOc2cc(C=O)ccc2OC)cc1. The second-order valence-electron chi connectivity index (χ2n) is 5.12. The third-order valence-electron chi connectivity index (χ3n) is 3.40. The molecule has 2 rings (SSSR count).